The maximum atomic E-state index is 12.4. The van der Waals surface area contributed by atoms with Gasteiger partial charge in [-0.3, -0.25) is 4.79 Å². The number of carbonyl (C=O) groups excluding carboxylic acids is 1. The quantitative estimate of drug-likeness (QED) is 0.676. The molecule has 0 saturated heterocycles. The van der Waals surface area contributed by atoms with Crippen molar-refractivity contribution in [2.45, 2.75) is 0 Å². The third kappa shape index (κ3) is 4.54. The number of nitrogens with zero attached hydrogens (tertiary/aromatic N) is 2. The summed E-state index contributed by atoms with van der Waals surface area (Å²) in [6.07, 6.45) is 1.54. The second-order valence-corrected chi connectivity index (χ2v) is 5.95. The van der Waals surface area contributed by atoms with Crippen molar-refractivity contribution in [2.75, 3.05) is 17.7 Å². The molecule has 3 aromatic rings. The summed E-state index contributed by atoms with van der Waals surface area (Å²) in [4.78, 5) is 16.7. The summed E-state index contributed by atoms with van der Waals surface area (Å²) in [6, 6.07) is 17.2. The molecule has 6 nitrogen and oxygen atoms in total. The number of pyridine rings is 1. The highest BCUT2D eigenvalue weighted by Crippen LogP contribution is 2.28. The van der Waals surface area contributed by atoms with Gasteiger partial charge in [-0.25, -0.2) is 4.98 Å². The number of hydrogen-bond acceptors (Lipinski definition) is 5. The van der Waals surface area contributed by atoms with E-state index in [1.165, 1.54) is 0 Å². The number of nitriles is 1. The Morgan fingerprint density at radius 1 is 1.11 bits per heavy atom. The van der Waals surface area contributed by atoms with Crippen molar-refractivity contribution in [1.82, 2.24) is 4.98 Å². The first-order valence-electron chi connectivity index (χ1n) is 7.97. The van der Waals surface area contributed by atoms with E-state index in [4.69, 9.17) is 21.6 Å². The summed E-state index contributed by atoms with van der Waals surface area (Å²) in [5, 5.41) is 15.2. The number of methoxy groups -OCH3 is 1. The number of amides is 1. The van der Waals surface area contributed by atoms with Gasteiger partial charge in [0.15, 0.2) is 0 Å². The predicted octanol–water partition coefficient (Wildman–Crippen LogP) is 4.61. The number of halogens is 1. The van der Waals surface area contributed by atoms with Crippen LogP contribution in [0.1, 0.15) is 15.9 Å². The lowest BCUT2D eigenvalue weighted by atomic mass is 10.2. The number of ether oxygens (including phenoxy) is 1. The van der Waals surface area contributed by atoms with Crippen LogP contribution in [0.5, 0.6) is 5.75 Å². The molecule has 0 unspecified atom stereocenters. The van der Waals surface area contributed by atoms with Crippen LogP contribution in [0.25, 0.3) is 0 Å². The fourth-order valence-corrected chi connectivity index (χ4v) is 2.62. The Morgan fingerprint density at radius 2 is 1.85 bits per heavy atom. The highest BCUT2D eigenvalue weighted by atomic mass is 35.5. The average molecular weight is 379 g/mol. The molecule has 0 aliphatic rings. The molecule has 0 saturated carbocycles. The van der Waals surface area contributed by atoms with Crippen molar-refractivity contribution in [3.63, 3.8) is 0 Å². The van der Waals surface area contributed by atoms with E-state index >= 15 is 0 Å². The van der Waals surface area contributed by atoms with Crippen LogP contribution in [0.4, 0.5) is 17.2 Å². The van der Waals surface area contributed by atoms with E-state index in [-0.39, 0.29) is 5.91 Å². The lowest BCUT2D eigenvalue weighted by molar-refractivity contribution is 0.102. The smallest absolute Gasteiger partial charge is 0.255 e. The third-order valence-electron chi connectivity index (χ3n) is 3.72. The summed E-state index contributed by atoms with van der Waals surface area (Å²) in [7, 11) is 1.55. The van der Waals surface area contributed by atoms with Crippen molar-refractivity contribution in [3.8, 4) is 11.8 Å². The Bertz CT molecular complexity index is 1010. The van der Waals surface area contributed by atoms with Crippen LogP contribution in [0.15, 0.2) is 60.8 Å². The fraction of sp³-hybridized carbons (Fsp3) is 0.0500. The normalized spacial score (nSPS) is 9.96. The number of aromatic nitrogens is 1. The third-order valence-corrected chi connectivity index (χ3v) is 4.01. The van der Waals surface area contributed by atoms with Gasteiger partial charge in [-0.05, 0) is 54.6 Å². The zero-order valence-electron chi connectivity index (χ0n) is 14.4. The number of carbonyl (C=O) groups is 1. The predicted molar refractivity (Wildman–Crippen MR) is 105 cm³/mol. The van der Waals surface area contributed by atoms with Crippen LogP contribution in [-0.4, -0.2) is 18.0 Å². The van der Waals surface area contributed by atoms with Gasteiger partial charge in [-0.2, -0.15) is 5.26 Å². The van der Waals surface area contributed by atoms with E-state index < -0.39 is 0 Å². The minimum atomic E-state index is -0.280. The van der Waals surface area contributed by atoms with Gasteiger partial charge in [-0.1, -0.05) is 11.6 Å². The van der Waals surface area contributed by atoms with Crippen molar-refractivity contribution in [3.05, 3.63) is 76.9 Å². The summed E-state index contributed by atoms with van der Waals surface area (Å²) in [6.45, 7) is 0. The molecule has 0 aliphatic heterocycles. The SMILES string of the molecule is COc1ccc(Nc2cc(C(=O)Nc3ccc(C#N)cc3)ccn2)cc1Cl. The first-order valence-corrected chi connectivity index (χ1v) is 8.35. The Hall–Kier alpha value is -3.56. The molecule has 0 radical (unpaired) electrons. The van der Waals surface area contributed by atoms with E-state index in [0.717, 1.165) is 5.69 Å². The summed E-state index contributed by atoms with van der Waals surface area (Å²) in [5.74, 6) is 0.798. The fourth-order valence-electron chi connectivity index (χ4n) is 2.36. The monoisotopic (exact) mass is 378 g/mol. The summed E-state index contributed by atoms with van der Waals surface area (Å²) >= 11 is 6.12. The minimum absolute atomic E-state index is 0.280. The molecule has 0 fully saturated rings. The largest absolute Gasteiger partial charge is 0.495 e. The van der Waals surface area contributed by atoms with Crippen LogP contribution in [-0.2, 0) is 0 Å². The van der Waals surface area contributed by atoms with Crippen molar-refractivity contribution >= 4 is 34.7 Å². The average Bonchev–Trinajstić information content (AvgIpc) is 2.69. The van der Waals surface area contributed by atoms with Gasteiger partial charge < -0.3 is 15.4 Å². The lowest BCUT2D eigenvalue weighted by Gasteiger charge is -2.10. The lowest BCUT2D eigenvalue weighted by Crippen LogP contribution is -2.12. The molecule has 7 heteroatoms. The second-order valence-electron chi connectivity index (χ2n) is 5.55. The van der Waals surface area contributed by atoms with Gasteiger partial charge in [0.05, 0.1) is 23.8 Å². The molecule has 0 spiro atoms. The molecule has 27 heavy (non-hydrogen) atoms. The highest BCUT2D eigenvalue weighted by Gasteiger charge is 2.09. The standard InChI is InChI=1S/C20H15ClN4O2/c1-27-18-7-6-16(11-17(18)21)24-19-10-14(8-9-23-19)20(26)25-15-4-2-13(12-22)3-5-15/h2-11H,1H3,(H,23,24)(H,25,26). The van der Waals surface area contributed by atoms with Crippen LogP contribution in [0, 0.1) is 11.3 Å². The summed E-state index contributed by atoms with van der Waals surface area (Å²) < 4.78 is 5.13. The van der Waals surface area contributed by atoms with Gasteiger partial charge in [0, 0.05) is 23.1 Å². The molecule has 0 atom stereocenters. The van der Waals surface area contributed by atoms with Crippen molar-refractivity contribution < 1.29 is 9.53 Å². The van der Waals surface area contributed by atoms with Gasteiger partial charge in [0.2, 0.25) is 0 Å². The highest BCUT2D eigenvalue weighted by molar-refractivity contribution is 6.32. The first-order chi connectivity index (χ1) is 13.1. The van der Waals surface area contributed by atoms with E-state index in [2.05, 4.69) is 15.6 Å². The van der Waals surface area contributed by atoms with E-state index in [0.29, 0.717) is 33.4 Å². The van der Waals surface area contributed by atoms with Crippen LogP contribution >= 0.6 is 11.6 Å². The maximum absolute atomic E-state index is 12.4. The van der Waals surface area contributed by atoms with Crippen LogP contribution < -0.4 is 15.4 Å². The van der Waals surface area contributed by atoms with E-state index in [1.54, 1.807) is 67.9 Å². The zero-order chi connectivity index (χ0) is 19.2. The Morgan fingerprint density at radius 3 is 2.52 bits per heavy atom. The topological polar surface area (TPSA) is 87.0 Å². The molecule has 0 aliphatic carbocycles. The number of benzene rings is 2. The molecule has 2 aromatic carbocycles. The van der Waals surface area contributed by atoms with E-state index in [9.17, 15) is 4.79 Å². The maximum Gasteiger partial charge on any atom is 0.255 e. The van der Waals surface area contributed by atoms with Crippen LogP contribution in [0.2, 0.25) is 5.02 Å². The molecular formula is C20H15ClN4O2. The Balaban J connectivity index is 1.73. The zero-order valence-corrected chi connectivity index (χ0v) is 15.1. The number of nitrogens with one attached hydrogen (secondary N) is 2. The summed E-state index contributed by atoms with van der Waals surface area (Å²) in [5.41, 5.74) is 2.29. The molecule has 1 amide bonds. The van der Waals surface area contributed by atoms with E-state index in [1.807, 2.05) is 6.07 Å². The number of rotatable bonds is 5. The Labute approximate surface area is 161 Å². The van der Waals surface area contributed by atoms with Crippen molar-refractivity contribution in [1.29, 1.82) is 5.26 Å². The molecule has 1 heterocycles. The van der Waals surface area contributed by atoms with Gasteiger partial charge >= 0.3 is 0 Å². The number of anilines is 3. The molecular weight excluding hydrogens is 364 g/mol. The molecule has 3 rings (SSSR count). The first kappa shape index (κ1) is 18.2. The Kier molecular flexibility index (Phi) is 5.55. The van der Waals surface area contributed by atoms with Gasteiger partial charge in [0.25, 0.3) is 5.91 Å². The number of hydrogen-bond donors (Lipinski definition) is 2. The molecule has 134 valence electrons. The molecule has 2 N–H and O–H groups in total. The molecule has 0 bridgehead atoms. The van der Waals surface area contributed by atoms with Crippen LogP contribution in [0.3, 0.4) is 0 Å². The second kappa shape index (κ2) is 8.21. The van der Waals surface area contributed by atoms with Crippen molar-refractivity contribution in [2.24, 2.45) is 0 Å². The van der Waals surface area contributed by atoms with Gasteiger partial charge in [0.1, 0.15) is 11.6 Å². The van der Waals surface area contributed by atoms with Gasteiger partial charge in [-0.15, -0.1) is 0 Å². The minimum Gasteiger partial charge on any atom is -0.495 e. The molecule has 1 aromatic heterocycles.